The van der Waals surface area contributed by atoms with Crippen LogP contribution in [0.4, 0.5) is 16.3 Å². The van der Waals surface area contributed by atoms with E-state index in [9.17, 15) is 14.7 Å². The number of pyridine rings is 1. The van der Waals surface area contributed by atoms with Crippen LogP contribution in [0.25, 0.3) is 0 Å². The first-order valence-corrected chi connectivity index (χ1v) is 13.0. The average molecular weight is 479 g/mol. The molecule has 7 heteroatoms. The molecular weight excluding hydrogens is 440 g/mol. The standard InChI is InChI=1S/C28H38N4O3/c1-4-20(2)32(27(33)23-12-10-22(11-13-23)21-8-6-5-7-9-21)24-14-15-26(29-18-24)31-17-16-25(19-31)30(3)28(34)35/h10-15,18,20-21,25H,4-9,16-17,19H2,1-3H3,(H,34,35). The molecule has 2 aromatic rings. The maximum Gasteiger partial charge on any atom is 0.407 e. The van der Waals surface area contributed by atoms with Crippen LogP contribution in [-0.4, -0.2) is 59.2 Å². The number of carboxylic acid groups (broad SMARTS) is 1. The van der Waals surface area contributed by atoms with Gasteiger partial charge in [-0.05, 0) is 68.4 Å². The summed E-state index contributed by atoms with van der Waals surface area (Å²) in [6.07, 6.45) is 8.89. The third-order valence-electron chi connectivity index (χ3n) is 7.83. The molecule has 2 heterocycles. The smallest absolute Gasteiger partial charge is 0.407 e. The molecule has 2 fully saturated rings. The second kappa shape index (κ2) is 11.1. The number of rotatable bonds is 7. The highest BCUT2D eigenvalue weighted by molar-refractivity contribution is 6.06. The Hall–Kier alpha value is -3.09. The van der Waals surface area contributed by atoms with E-state index < -0.39 is 6.09 Å². The van der Waals surface area contributed by atoms with Crippen molar-refractivity contribution >= 4 is 23.5 Å². The first-order chi connectivity index (χ1) is 16.9. The van der Waals surface area contributed by atoms with E-state index in [0.29, 0.717) is 18.0 Å². The molecule has 0 bridgehead atoms. The fraction of sp³-hybridized carbons (Fsp3) is 0.536. The van der Waals surface area contributed by atoms with Crippen LogP contribution >= 0.6 is 0 Å². The first kappa shape index (κ1) is 25.0. The van der Waals surface area contributed by atoms with E-state index in [1.165, 1.54) is 42.6 Å². The van der Waals surface area contributed by atoms with Gasteiger partial charge in [-0.3, -0.25) is 4.79 Å². The van der Waals surface area contributed by atoms with Gasteiger partial charge in [0, 0.05) is 31.7 Å². The minimum absolute atomic E-state index is 0.00610. The van der Waals surface area contributed by atoms with Gasteiger partial charge < -0.3 is 19.8 Å². The van der Waals surface area contributed by atoms with E-state index in [1.54, 1.807) is 13.2 Å². The van der Waals surface area contributed by atoms with E-state index >= 15 is 0 Å². The Morgan fingerprint density at radius 1 is 1.09 bits per heavy atom. The summed E-state index contributed by atoms with van der Waals surface area (Å²) >= 11 is 0. The molecule has 1 aliphatic carbocycles. The number of hydrogen-bond acceptors (Lipinski definition) is 4. The second-order valence-electron chi connectivity index (χ2n) is 10.0. The van der Waals surface area contributed by atoms with Gasteiger partial charge in [0.15, 0.2) is 0 Å². The SMILES string of the molecule is CCC(C)N(C(=O)c1ccc(C2CCCCC2)cc1)c1ccc(N2CCC(N(C)C(=O)O)C2)nc1. The number of likely N-dealkylation sites (N-methyl/N-ethyl adjacent to an activating group) is 1. The van der Waals surface area contributed by atoms with Crippen molar-refractivity contribution in [1.82, 2.24) is 9.88 Å². The Labute approximate surface area is 208 Å². The first-order valence-electron chi connectivity index (χ1n) is 13.0. The van der Waals surface area contributed by atoms with Crippen LogP contribution in [0.15, 0.2) is 42.6 Å². The van der Waals surface area contributed by atoms with Crippen LogP contribution in [0.2, 0.25) is 0 Å². The number of amides is 2. The Morgan fingerprint density at radius 2 is 1.80 bits per heavy atom. The van der Waals surface area contributed by atoms with Crippen LogP contribution in [-0.2, 0) is 0 Å². The van der Waals surface area contributed by atoms with E-state index in [4.69, 9.17) is 0 Å². The number of anilines is 2. The van der Waals surface area contributed by atoms with Gasteiger partial charge in [0.2, 0.25) is 0 Å². The fourth-order valence-corrected chi connectivity index (χ4v) is 5.36. The van der Waals surface area contributed by atoms with Crippen molar-refractivity contribution in [3.8, 4) is 0 Å². The van der Waals surface area contributed by atoms with Gasteiger partial charge in [-0.15, -0.1) is 0 Å². The van der Waals surface area contributed by atoms with Crippen molar-refractivity contribution in [2.24, 2.45) is 0 Å². The van der Waals surface area contributed by atoms with Crippen LogP contribution < -0.4 is 9.80 Å². The van der Waals surface area contributed by atoms with Gasteiger partial charge in [0.1, 0.15) is 5.82 Å². The fourth-order valence-electron chi connectivity index (χ4n) is 5.36. The number of aromatic nitrogens is 1. The Kier molecular flexibility index (Phi) is 7.93. The highest BCUT2D eigenvalue weighted by atomic mass is 16.4. The van der Waals surface area contributed by atoms with Gasteiger partial charge in [0.05, 0.1) is 17.9 Å². The molecule has 1 aromatic heterocycles. The van der Waals surface area contributed by atoms with Crippen LogP contribution in [0.1, 0.15) is 80.6 Å². The zero-order valence-electron chi connectivity index (χ0n) is 21.2. The molecular formula is C28H38N4O3. The molecule has 4 rings (SSSR count). The third-order valence-corrected chi connectivity index (χ3v) is 7.83. The second-order valence-corrected chi connectivity index (χ2v) is 10.0. The summed E-state index contributed by atoms with van der Waals surface area (Å²) in [5.74, 6) is 1.42. The normalized spacial score (nSPS) is 19.4. The van der Waals surface area contributed by atoms with Crippen LogP contribution in [0, 0.1) is 0 Å². The lowest BCUT2D eigenvalue weighted by molar-refractivity contribution is 0.0977. The Balaban J connectivity index is 1.48. The topological polar surface area (TPSA) is 77.0 Å². The molecule has 2 aliphatic rings. The summed E-state index contributed by atoms with van der Waals surface area (Å²) in [4.78, 5) is 34.8. The van der Waals surface area contributed by atoms with Gasteiger partial charge in [-0.25, -0.2) is 9.78 Å². The number of nitrogens with zero attached hydrogens (tertiary/aromatic N) is 4. The molecule has 0 spiro atoms. The van der Waals surface area contributed by atoms with Crippen molar-refractivity contribution < 1.29 is 14.7 Å². The van der Waals surface area contributed by atoms with Gasteiger partial charge >= 0.3 is 6.09 Å². The number of hydrogen-bond donors (Lipinski definition) is 1. The van der Waals surface area contributed by atoms with Crippen molar-refractivity contribution in [1.29, 1.82) is 0 Å². The highest BCUT2D eigenvalue weighted by Crippen LogP contribution is 2.33. The van der Waals surface area contributed by atoms with Gasteiger partial charge in [-0.1, -0.05) is 38.3 Å². The van der Waals surface area contributed by atoms with Crippen molar-refractivity contribution in [3.05, 3.63) is 53.7 Å². The predicted molar refractivity (Wildman–Crippen MR) is 139 cm³/mol. The molecule has 35 heavy (non-hydrogen) atoms. The quantitative estimate of drug-likeness (QED) is 0.547. The molecule has 2 unspecified atom stereocenters. The van der Waals surface area contributed by atoms with Crippen molar-refractivity contribution in [2.45, 2.75) is 76.8 Å². The lowest BCUT2D eigenvalue weighted by Crippen LogP contribution is -2.39. The minimum Gasteiger partial charge on any atom is -0.465 e. The molecule has 2 amide bonds. The summed E-state index contributed by atoms with van der Waals surface area (Å²) in [5, 5.41) is 9.25. The molecule has 1 saturated heterocycles. The van der Waals surface area contributed by atoms with Gasteiger partial charge in [-0.2, -0.15) is 0 Å². The summed E-state index contributed by atoms with van der Waals surface area (Å²) in [5.41, 5.74) is 2.83. The molecule has 2 atom stereocenters. The molecule has 1 aliphatic heterocycles. The predicted octanol–water partition coefficient (Wildman–Crippen LogP) is 5.76. The van der Waals surface area contributed by atoms with E-state index in [2.05, 4.69) is 35.9 Å². The van der Waals surface area contributed by atoms with E-state index in [0.717, 1.165) is 30.9 Å². The summed E-state index contributed by atoms with van der Waals surface area (Å²) in [7, 11) is 1.62. The summed E-state index contributed by atoms with van der Waals surface area (Å²) in [6.45, 7) is 5.53. The number of benzene rings is 1. The highest BCUT2D eigenvalue weighted by Gasteiger charge is 2.29. The number of carbonyl (C=O) groups is 2. The Morgan fingerprint density at radius 3 is 2.40 bits per heavy atom. The lowest BCUT2D eigenvalue weighted by atomic mass is 9.84. The molecule has 1 N–H and O–H groups in total. The molecule has 1 saturated carbocycles. The zero-order valence-corrected chi connectivity index (χ0v) is 21.2. The molecule has 1 aromatic carbocycles. The largest absolute Gasteiger partial charge is 0.465 e. The monoisotopic (exact) mass is 478 g/mol. The summed E-state index contributed by atoms with van der Waals surface area (Å²) < 4.78 is 0. The Bertz CT molecular complexity index is 1000. The minimum atomic E-state index is -0.908. The molecule has 0 radical (unpaired) electrons. The van der Waals surface area contributed by atoms with E-state index in [-0.39, 0.29) is 18.0 Å². The third kappa shape index (κ3) is 5.60. The van der Waals surface area contributed by atoms with E-state index in [1.807, 2.05) is 29.2 Å². The average Bonchev–Trinajstić information content (AvgIpc) is 3.39. The maximum absolute atomic E-state index is 13.6. The summed E-state index contributed by atoms with van der Waals surface area (Å²) in [6, 6.07) is 12.1. The molecule has 188 valence electrons. The maximum atomic E-state index is 13.6. The lowest BCUT2D eigenvalue weighted by Gasteiger charge is -2.29. The zero-order chi connectivity index (χ0) is 24.9. The van der Waals surface area contributed by atoms with Gasteiger partial charge in [0.25, 0.3) is 5.91 Å². The number of carbonyl (C=O) groups excluding carboxylic acids is 1. The molecule has 7 nitrogen and oxygen atoms in total. The van der Waals surface area contributed by atoms with Crippen molar-refractivity contribution in [2.75, 3.05) is 29.9 Å². The van der Waals surface area contributed by atoms with Crippen LogP contribution in [0.5, 0.6) is 0 Å². The van der Waals surface area contributed by atoms with Crippen molar-refractivity contribution in [3.63, 3.8) is 0 Å². The van der Waals surface area contributed by atoms with Crippen LogP contribution in [0.3, 0.4) is 0 Å².